The summed E-state index contributed by atoms with van der Waals surface area (Å²) in [7, 11) is 0. The molecule has 0 saturated heterocycles. The summed E-state index contributed by atoms with van der Waals surface area (Å²) >= 11 is 0. The zero-order valence-electron chi connectivity index (χ0n) is 15.5. The number of carboxylic acids is 1. The first kappa shape index (κ1) is 21.4. The Balaban J connectivity index is 1.68. The monoisotopic (exact) mass is 387 g/mol. The number of benzene rings is 2. The van der Waals surface area contributed by atoms with Crippen LogP contribution in [-0.2, 0) is 27.5 Å². The van der Waals surface area contributed by atoms with E-state index >= 15 is 0 Å². The van der Waals surface area contributed by atoms with Gasteiger partial charge < -0.3 is 25.0 Å². The van der Waals surface area contributed by atoms with E-state index in [2.05, 4.69) is 5.32 Å². The van der Waals surface area contributed by atoms with Crippen LogP contribution in [0.1, 0.15) is 17.5 Å². The van der Waals surface area contributed by atoms with Crippen molar-refractivity contribution >= 4 is 12.1 Å². The average Bonchev–Trinajstić information content (AvgIpc) is 2.71. The van der Waals surface area contributed by atoms with Gasteiger partial charge in [0, 0.05) is 6.54 Å². The second-order valence-electron chi connectivity index (χ2n) is 6.29. The number of ether oxygens (including phenoxy) is 2. The molecule has 0 aliphatic heterocycles. The molecule has 0 fully saturated rings. The van der Waals surface area contributed by atoms with Crippen LogP contribution in [0.25, 0.3) is 0 Å². The topological polar surface area (TPSA) is 105 Å². The number of hydrogen-bond acceptors (Lipinski definition) is 5. The highest BCUT2D eigenvalue weighted by Crippen LogP contribution is 2.11. The molecule has 0 unspecified atom stereocenters. The maximum absolute atomic E-state index is 11.7. The van der Waals surface area contributed by atoms with Crippen molar-refractivity contribution in [3.8, 4) is 0 Å². The van der Waals surface area contributed by atoms with Gasteiger partial charge in [-0.3, -0.25) is 4.79 Å². The predicted octanol–water partition coefficient (Wildman–Crippen LogP) is 2.58. The highest BCUT2D eigenvalue weighted by Gasteiger charge is 2.26. The molecule has 0 radical (unpaired) electrons. The van der Waals surface area contributed by atoms with Gasteiger partial charge in [0.1, 0.15) is 6.61 Å². The average molecular weight is 387 g/mol. The van der Waals surface area contributed by atoms with Gasteiger partial charge in [0.2, 0.25) is 0 Å². The molecule has 1 amide bonds. The lowest BCUT2D eigenvalue weighted by molar-refractivity contribution is -0.147. The minimum atomic E-state index is -1.18. The molecular formula is C21H25NO6. The molecule has 0 aromatic heterocycles. The smallest absolute Gasteiger partial charge is 0.407 e. The molecule has 2 atom stereocenters. The molecule has 150 valence electrons. The summed E-state index contributed by atoms with van der Waals surface area (Å²) in [5.41, 5.74) is 1.79. The van der Waals surface area contributed by atoms with Crippen molar-refractivity contribution in [2.24, 2.45) is 5.92 Å². The standard InChI is InChI=1S/C21H25NO6/c23-19(15-27-13-16-7-3-1-4-8-16)18(20(24)25)11-12-22-21(26)28-14-17-9-5-2-6-10-17/h1-10,18-19,23H,11-15H2,(H,22,26)(H,24,25)/t18-,19-/m0/s1. The fourth-order valence-corrected chi connectivity index (χ4v) is 2.57. The van der Waals surface area contributed by atoms with Crippen molar-refractivity contribution < 1.29 is 29.3 Å². The maximum atomic E-state index is 11.7. The molecule has 0 saturated carbocycles. The van der Waals surface area contributed by atoms with E-state index in [1.54, 1.807) is 0 Å². The first-order chi connectivity index (χ1) is 13.6. The van der Waals surface area contributed by atoms with E-state index in [9.17, 15) is 19.8 Å². The molecule has 28 heavy (non-hydrogen) atoms. The van der Waals surface area contributed by atoms with Gasteiger partial charge in [0.25, 0.3) is 0 Å². The van der Waals surface area contributed by atoms with Crippen LogP contribution in [0.3, 0.4) is 0 Å². The first-order valence-corrected chi connectivity index (χ1v) is 9.03. The zero-order valence-corrected chi connectivity index (χ0v) is 15.5. The normalized spacial score (nSPS) is 12.8. The fourth-order valence-electron chi connectivity index (χ4n) is 2.57. The Labute approximate surface area is 163 Å². The van der Waals surface area contributed by atoms with Gasteiger partial charge in [0.15, 0.2) is 0 Å². The van der Waals surface area contributed by atoms with E-state index < -0.39 is 24.1 Å². The molecule has 0 aliphatic carbocycles. The number of aliphatic hydroxyl groups is 1. The Bertz CT molecular complexity index is 722. The van der Waals surface area contributed by atoms with E-state index in [0.717, 1.165) is 11.1 Å². The van der Waals surface area contributed by atoms with Crippen LogP contribution in [0.2, 0.25) is 0 Å². The quantitative estimate of drug-likeness (QED) is 0.547. The van der Waals surface area contributed by atoms with Crippen molar-refractivity contribution in [3.63, 3.8) is 0 Å². The zero-order chi connectivity index (χ0) is 20.2. The highest BCUT2D eigenvalue weighted by molar-refractivity contribution is 5.71. The van der Waals surface area contributed by atoms with E-state index in [4.69, 9.17) is 9.47 Å². The molecule has 2 rings (SSSR count). The predicted molar refractivity (Wildman–Crippen MR) is 102 cm³/mol. The minimum absolute atomic E-state index is 0.0611. The van der Waals surface area contributed by atoms with Crippen molar-refractivity contribution in [2.45, 2.75) is 25.7 Å². The van der Waals surface area contributed by atoms with Crippen LogP contribution in [0.4, 0.5) is 4.79 Å². The molecule has 0 heterocycles. The lowest BCUT2D eigenvalue weighted by Crippen LogP contribution is -2.35. The van der Waals surface area contributed by atoms with Crippen LogP contribution in [0, 0.1) is 5.92 Å². The van der Waals surface area contributed by atoms with Gasteiger partial charge in [-0.15, -0.1) is 0 Å². The fraction of sp³-hybridized carbons (Fsp3) is 0.333. The lowest BCUT2D eigenvalue weighted by Gasteiger charge is -2.19. The molecule has 7 nitrogen and oxygen atoms in total. The summed E-state index contributed by atoms with van der Waals surface area (Å²) in [5.74, 6) is -2.19. The molecule has 0 aliphatic rings. The Morgan fingerprint density at radius 1 is 0.929 bits per heavy atom. The van der Waals surface area contributed by atoms with Crippen molar-refractivity contribution in [2.75, 3.05) is 13.2 Å². The molecule has 2 aromatic carbocycles. The molecule has 2 aromatic rings. The summed E-state index contributed by atoms with van der Waals surface area (Å²) in [5, 5.41) is 21.9. The van der Waals surface area contributed by atoms with E-state index in [1.165, 1.54) is 0 Å². The Morgan fingerprint density at radius 3 is 2.07 bits per heavy atom. The Kier molecular flexibility index (Phi) is 8.97. The van der Waals surface area contributed by atoms with Crippen LogP contribution < -0.4 is 5.32 Å². The number of alkyl carbamates (subject to hydrolysis) is 1. The van der Waals surface area contributed by atoms with Gasteiger partial charge in [0.05, 0.1) is 25.2 Å². The second kappa shape index (κ2) is 11.7. The van der Waals surface area contributed by atoms with Crippen molar-refractivity contribution in [1.29, 1.82) is 0 Å². The van der Waals surface area contributed by atoms with Gasteiger partial charge in [-0.25, -0.2) is 4.79 Å². The molecule has 0 spiro atoms. The summed E-state index contributed by atoms with van der Waals surface area (Å²) in [6.45, 7) is 0.379. The minimum Gasteiger partial charge on any atom is -0.481 e. The highest BCUT2D eigenvalue weighted by atomic mass is 16.5. The number of rotatable bonds is 11. The number of amides is 1. The Hall–Kier alpha value is -2.90. The van der Waals surface area contributed by atoms with E-state index in [0.29, 0.717) is 0 Å². The van der Waals surface area contributed by atoms with Crippen LogP contribution >= 0.6 is 0 Å². The Morgan fingerprint density at radius 2 is 1.50 bits per heavy atom. The SMILES string of the molecule is O=C(NCC[C@H](C(=O)O)[C@@H](O)COCc1ccccc1)OCc1ccccc1. The molecule has 7 heteroatoms. The molecular weight excluding hydrogens is 362 g/mol. The number of aliphatic carboxylic acids is 1. The van der Waals surface area contributed by atoms with Gasteiger partial charge in [-0.05, 0) is 17.5 Å². The summed E-state index contributed by atoms with van der Waals surface area (Å²) in [6, 6.07) is 18.6. The van der Waals surface area contributed by atoms with Crippen LogP contribution in [0.5, 0.6) is 0 Å². The lowest BCUT2D eigenvalue weighted by atomic mass is 9.99. The van der Waals surface area contributed by atoms with Crippen molar-refractivity contribution in [3.05, 3.63) is 71.8 Å². The third-order valence-electron chi connectivity index (χ3n) is 4.12. The third kappa shape index (κ3) is 7.77. The number of carbonyl (C=O) groups excluding carboxylic acids is 1. The number of carbonyl (C=O) groups is 2. The van der Waals surface area contributed by atoms with Crippen LogP contribution in [0.15, 0.2) is 60.7 Å². The summed E-state index contributed by atoms with van der Waals surface area (Å²) in [6.07, 6.45) is -1.75. The van der Waals surface area contributed by atoms with Crippen LogP contribution in [-0.4, -0.2) is 41.5 Å². The largest absolute Gasteiger partial charge is 0.481 e. The van der Waals surface area contributed by atoms with E-state index in [-0.39, 0.29) is 32.8 Å². The molecule has 3 N–H and O–H groups in total. The van der Waals surface area contributed by atoms with Gasteiger partial charge >= 0.3 is 12.1 Å². The second-order valence-corrected chi connectivity index (χ2v) is 6.29. The summed E-state index contributed by atoms with van der Waals surface area (Å²) < 4.78 is 10.5. The first-order valence-electron chi connectivity index (χ1n) is 9.03. The summed E-state index contributed by atoms with van der Waals surface area (Å²) in [4.78, 5) is 23.1. The number of carboxylic acid groups (broad SMARTS) is 1. The van der Waals surface area contributed by atoms with Crippen molar-refractivity contribution in [1.82, 2.24) is 5.32 Å². The number of aliphatic hydroxyl groups excluding tert-OH is 1. The number of hydrogen-bond donors (Lipinski definition) is 3. The van der Waals surface area contributed by atoms with Gasteiger partial charge in [-0.2, -0.15) is 0 Å². The maximum Gasteiger partial charge on any atom is 0.407 e. The number of nitrogens with one attached hydrogen (secondary N) is 1. The van der Waals surface area contributed by atoms with E-state index in [1.807, 2.05) is 60.7 Å². The van der Waals surface area contributed by atoms with Gasteiger partial charge in [-0.1, -0.05) is 60.7 Å². The molecule has 0 bridgehead atoms. The third-order valence-corrected chi connectivity index (χ3v) is 4.12.